The Kier molecular flexibility index (Phi) is 4.28. The van der Waals surface area contributed by atoms with E-state index in [1.165, 1.54) is 0 Å². The maximum atomic E-state index is 11.8. The molecule has 23 heavy (non-hydrogen) atoms. The zero-order valence-corrected chi connectivity index (χ0v) is 12.6. The van der Waals surface area contributed by atoms with Gasteiger partial charge in [0.15, 0.2) is 0 Å². The average molecular weight is 308 g/mol. The van der Waals surface area contributed by atoms with Gasteiger partial charge in [-0.1, -0.05) is 12.1 Å². The minimum atomic E-state index is -0.251. The van der Waals surface area contributed by atoms with Gasteiger partial charge < -0.3 is 10.3 Å². The summed E-state index contributed by atoms with van der Waals surface area (Å²) in [6.07, 6.45) is 3.36. The minimum absolute atomic E-state index is 0.0763. The number of amides is 1. The quantitative estimate of drug-likeness (QED) is 0.495. The first-order chi connectivity index (χ1) is 11.2. The van der Waals surface area contributed by atoms with E-state index >= 15 is 0 Å². The maximum Gasteiger partial charge on any atom is 0.259 e. The molecule has 3 rings (SSSR count). The van der Waals surface area contributed by atoms with E-state index < -0.39 is 0 Å². The Morgan fingerprint density at radius 2 is 2.00 bits per heavy atom. The van der Waals surface area contributed by atoms with Gasteiger partial charge in [0.1, 0.15) is 0 Å². The molecule has 0 fully saturated rings. The monoisotopic (exact) mass is 308 g/mol. The Hall–Kier alpha value is -3.22. The number of pyridine rings is 1. The van der Waals surface area contributed by atoms with E-state index in [0.29, 0.717) is 11.7 Å². The van der Waals surface area contributed by atoms with Crippen LogP contribution >= 0.6 is 0 Å². The van der Waals surface area contributed by atoms with Crippen LogP contribution in [0, 0.1) is 0 Å². The van der Waals surface area contributed by atoms with Gasteiger partial charge in [-0.3, -0.25) is 9.78 Å². The number of imidazole rings is 1. The van der Waals surface area contributed by atoms with E-state index in [9.17, 15) is 4.79 Å². The molecule has 0 atom stereocenters. The lowest BCUT2D eigenvalue weighted by Gasteiger charge is -2.03. The number of nitrogens with one attached hydrogen (secondary N) is 3. The summed E-state index contributed by atoms with van der Waals surface area (Å²) >= 11 is 0. The van der Waals surface area contributed by atoms with E-state index in [-0.39, 0.29) is 12.5 Å². The highest BCUT2D eigenvalue weighted by molar-refractivity contribution is 5.99. The van der Waals surface area contributed by atoms with Gasteiger partial charge in [0.05, 0.1) is 23.3 Å². The summed E-state index contributed by atoms with van der Waals surface area (Å²) in [6, 6.07) is 11.3. The summed E-state index contributed by atoms with van der Waals surface area (Å²) in [4.78, 5) is 23.2. The highest BCUT2D eigenvalue weighted by atomic mass is 16.2. The number of carbonyl (C=O) groups is 1. The van der Waals surface area contributed by atoms with Gasteiger partial charge in [0.25, 0.3) is 5.91 Å². The molecule has 3 aromatic rings. The Bertz CT molecular complexity index is 807. The van der Waals surface area contributed by atoms with Crippen molar-refractivity contribution in [1.29, 1.82) is 0 Å². The van der Waals surface area contributed by atoms with Crippen molar-refractivity contribution >= 4 is 28.6 Å². The number of benzene rings is 1. The number of carbonyl (C=O) groups excluding carboxylic acids is 1. The Morgan fingerprint density at radius 3 is 2.78 bits per heavy atom. The van der Waals surface area contributed by atoms with Crippen molar-refractivity contribution in [3.05, 3.63) is 54.4 Å². The van der Waals surface area contributed by atoms with Crippen LogP contribution in [0.3, 0.4) is 0 Å². The second kappa shape index (κ2) is 6.69. The first-order valence-corrected chi connectivity index (χ1v) is 7.14. The number of hydrogen-bond acceptors (Lipinski definition) is 5. The molecule has 7 heteroatoms. The maximum absolute atomic E-state index is 11.8. The van der Waals surface area contributed by atoms with Gasteiger partial charge >= 0.3 is 0 Å². The summed E-state index contributed by atoms with van der Waals surface area (Å²) in [7, 11) is 0. The summed E-state index contributed by atoms with van der Waals surface area (Å²) in [5.74, 6) is 0.301. The number of rotatable bonds is 5. The molecule has 2 heterocycles. The van der Waals surface area contributed by atoms with Crippen LogP contribution in [0.2, 0.25) is 0 Å². The molecule has 116 valence electrons. The number of anilines is 1. The molecule has 0 spiro atoms. The highest BCUT2D eigenvalue weighted by Crippen LogP contribution is 2.12. The first-order valence-electron chi connectivity index (χ1n) is 7.14. The molecule has 1 amide bonds. The lowest BCUT2D eigenvalue weighted by molar-refractivity contribution is -0.119. The number of aromatic amines is 1. The number of fused-ring (bicyclic) bond motifs is 1. The summed E-state index contributed by atoms with van der Waals surface area (Å²) in [5, 5.41) is 7.01. The van der Waals surface area contributed by atoms with Crippen LogP contribution in [-0.4, -0.2) is 33.1 Å². The third-order valence-electron chi connectivity index (χ3n) is 3.25. The third-order valence-corrected chi connectivity index (χ3v) is 3.25. The fraction of sp³-hybridized carbons (Fsp3) is 0.125. The minimum Gasteiger partial charge on any atom is -0.347 e. The molecule has 2 aromatic heterocycles. The van der Waals surface area contributed by atoms with Gasteiger partial charge in [0, 0.05) is 18.0 Å². The van der Waals surface area contributed by atoms with Crippen LogP contribution in [0.25, 0.3) is 11.0 Å². The van der Waals surface area contributed by atoms with Crippen LogP contribution in [0.15, 0.2) is 53.9 Å². The van der Waals surface area contributed by atoms with Crippen molar-refractivity contribution in [3.63, 3.8) is 0 Å². The van der Waals surface area contributed by atoms with E-state index in [1.807, 2.05) is 43.3 Å². The molecule has 0 aliphatic carbocycles. The molecule has 0 saturated heterocycles. The number of H-pyrrole nitrogens is 1. The molecule has 1 aromatic carbocycles. The van der Waals surface area contributed by atoms with Crippen LogP contribution < -0.4 is 10.7 Å². The van der Waals surface area contributed by atoms with Crippen molar-refractivity contribution in [3.8, 4) is 0 Å². The fourth-order valence-electron chi connectivity index (χ4n) is 2.04. The lowest BCUT2D eigenvalue weighted by atomic mass is 10.2. The molecule has 0 bridgehead atoms. The fourth-order valence-corrected chi connectivity index (χ4v) is 2.04. The number of para-hydroxylation sites is 2. The second-order valence-electron chi connectivity index (χ2n) is 4.92. The van der Waals surface area contributed by atoms with E-state index in [0.717, 1.165) is 16.6 Å². The molecule has 0 unspecified atom stereocenters. The summed E-state index contributed by atoms with van der Waals surface area (Å²) in [6.45, 7) is 1.90. The zero-order valence-electron chi connectivity index (χ0n) is 12.6. The predicted molar refractivity (Wildman–Crippen MR) is 89.2 cm³/mol. The smallest absolute Gasteiger partial charge is 0.259 e. The number of nitrogens with zero attached hydrogens (tertiary/aromatic N) is 3. The number of hydrazone groups is 1. The van der Waals surface area contributed by atoms with Crippen molar-refractivity contribution in [2.24, 2.45) is 5.10 Å². The van der Waals surface area contributed by atoms with Crippen molar-refractivity contribution < 1.29 is 4.79 Å². The standard InChI is InChI=1S/C16H16N6O/c1-11(12-6-8-17-9-7-12)21-22-15(23)10-18-16-19-13-4-2-3-5-14(13)20-16/h2-9H,10H2,1H3,(H,22,23)(H2,18,19,20)/b21-11-. The van der Waals surface area contributed by atoms with E-state index in [2.05, 4.69) is 30.8 Å². The molecule has 0 aliphatic heterocycles. The van der Waals surface area contributed by atoms with Crippen molar-refractivity contribution in [2.75, 3.05) is 11.9 Å². The van der Waals surface area contributed by atoms with E-state index in [4.69, 9.17) is 0 Å². The van der Waals surface area contributed by atoms with Gasteiger partial charge in [-0.25, -0.2) is 10.4 Å². The highest BCUT2D eigenvalue weighted by Gasteiger charge is 2.04. The van der Waals surface area contributed by atoms with Gasteiger partial charge in [-0.05, 0) is 31.2 Å². The third kappa shape index (κ3) is 3.70. The molecular formula is C16H16N6O. The van der Waals surface area contributed by atoms with Gasteiger partial charge in [-0.2, -0.15) is 5.10 Å². The topological polar surface area (TPSA) is 95.1 Å². The van der Waals surface area contributed by atoms with E-state index in [1.54, 1.807) is 12.4 Å². The molecule has 7 nitrogen and oxygen atoms in total. The Morgan fingerprint density at radius 1 is 1.22 bits per heavy atom. The predicted octanol–water partition coefficient (Wildman–Crippen LogP) is 1.91. The Labute approximate surface area is 132 Å². The van der Waals surface area contributed by atoms with Crippen LogP contribution in [0.1, 0.15) is 12.5 Å². The second-order valence-corrected chi connectivity index (χ2v) is 4.92. The summed E-state index contributed by atoms with van der Waals surface area (Å²) < 4.78 is 0. The molecule has 3 N–H and O–H groups in total. The summed E-state index contributed by atoms with van der Waals surface area (Å²) in [5.41, 5.74) is 5.90. The number of aromatic nitrogens is 3. The van der Waals surface area contributed by atoms with Crippen LogP contribution in [-0.2, 0) is 4.79 Å². The van der Waals surface area contributed by atoms with Gasteiger partial charge in [-0.15, -0.1) is 0 Å². The molecule has 0 saturated carbocycles. The Balaban J connectivity index is 1.55. The van der Waals surface area contributed by atoms with Crippen LogP contribution in [0.4, 0.5) is 5.95 Å². The largest absolute Gasteiger partial charge is 0.347 e. The zero-order chi connectivity index (χ0) is 16.1. The van der Waals surface area contributed by atoms with Gasteiger partial charge in [0.2, 0.25) is 5.95 Å². The normalized spacial score (nSPS) is 11.4. The molecule has 0 radical (unpaired) electrons. The van der Waals surface area contributed by atoms with Crippen molar-refractivity contribution in [2.45, 2.75) is 6.92 Å². The lowest BCUT2D eigenvalue weighted by Crippen LogP contribution is -2.27. The first kappa shape index (κ1) is 14.7. The molecular weight excluding hydrogens is 292 g/mol. The van der Waals surface area contributed by atoms with Crippen LogP contribution in [0.5, 0.6) is 0 Å². The SMILES string of the molecule is C/C(=N/NC(=O)CNc1nc2ccccc2[nH]1)c1ccncc1. The number of hydrogen-bond donors (Lipinski definition) is 3. The average Bonchev–Trinajstić information content (AvgIpc) is 3.01. The molecule has 0 aliphatic rings. The van der Waals surface area contributed by atoms with Crippen molar-refractivity contribution in [1.82, 2.24) is 20.4 Å².